The van der Waals surface area contributed by atoms with E-state index < -0.39 is 0 Å². The highest BCUT2D eigenvalue weighted by Gasteiger charge is 2.18. The Balaban J connectivity index is 0. The highest BCUT2D eigenvalue weighted by Crippen LogP contribution is 2.04. The number of nitrogens with one attached hydrogen (secondary N) is 1. The number of hydrogen-bond donors (Lipinski definition) is 2. The third-order valence-corrected chi connectivity index (χ3v) is 2.89. The number of nitrogens with zero attached hydrogens (tertiary/aromatic N) is 1. The SMILES string of the molecule is CCC(C)C(N)C(=O)NCCN(C)CC.Cl. The number of amides is 1. The first-order valence-electron chi connectivity index (χ1n) is 5.74. The van der Waals surface area contributed by atoms with Crippen LogP contribution in [0.5, 0.6) is 0 Å². The van der Waals surface area contributed by atoms with Crippen LogP contribution >= 0.6 is 12.4 Å². The Morgan fingerprint density at radius 2 is 2.00 bits per heavy atom. The molecule has 98 valence electrons. The van der Waals surface area contributed by atoms with Gasteiger partial charge in [0.15, 0.2) is 0 Å². The number of carbonyl (C=O) groups excluding carboxylic acids is 1. The Labute approximate surface area is 105 Å². The van der Waals surface area contributed by atoms with Gasteiger partial charge >= 0.3 is 0 Å². The van der Waals surface area contributed by atoms with Gasteiger partial charge in [-0.2, -0.15) is 0 Å². The molecule has 0 spiro atoms. The molecule has 5 heteroatoms. The van der Waals surface area contributed by atoms with Gasteiger partial charge in [-0.15, -0.1) is 12.4 Å². The maximum absolute atomic E-state index is 11.6. The van der Waals surface area contributed by atoms with Crippen molar-refractivity contribution < 1.29 is 4.79 Å². The van der Waals surface area contributed by atoms with E-state index in [9.17, 15) is 4.79 Å². The van der Waals surface area contributed by atoms with Crippen LogP contribution in [0.15, 0.2) is 0 Å². The second kappa shape index (κ2) is 9.87. The van der Waals surface area contributed by atoms with Gasteiger partial charge in [-0.3, -0.25) is 4.79 Å². The summed E-state index contributed by atoms with van der Waals surface area (Å²) in [4.78, 5) is 13.7. The molecule has 16 heavy (non-hydrogen) atoms. The van der Waals surface area contributed by atoms with Crippen LogP contribution in [0.1, 0.15) is 27.2 Å². The minimum atomic E-state index is -0.373. The molecule has 4 nitrogen and oxygen atoms in total. The molecule has 1 amide bonds. The van der Waals surface area contributed by atoms with Crippen LogP contribution in [-0.2, 0) is 4.79 Å². The Hall–Kier alpha value is -0.320. The smallest absolute Gasteiger partial charge is 0.237 e. The third kappa shape index (κ3) is 7.04. The zero-order chi connectivity index (χ0) is 11.8. The summed E-state index contributed by atoms with van der Waals surface area (Å²) in [7, 11) is 2.03. The molecule has 0 aromatic carbocycles. The van der Waals surface area contributed by atoms with Crippen molar-refractivity contribution in [3.63, 3.8) is 0 Å². The van der Waals surface area contributed by atoms with Crippen LogP contribution in [0.2, 0.25) is 0 Å². The van der Waals surface area contributed by atoms with Gasteiger partial charge < -0.3 is 16.0 Å². The van der Waals surface area contributed by atoms with E-state index in [1.54, 1.807) is 0 Å². The number of rotatable bonds is 7. The minimum Gasteiger partial charge on any atom is -0.353 e. The third-order valence-electron chi connectivity index (χ3n) is 2.89. The number of nitrogens with two attached hydrogens (primary N) is 1. The normalized spacial score (nSPS) is 14.1. The summed E-state index contributed by atoms with van der Waals surface area (Å²) in [6.07, 6.45) is 0.934. The topological polar surface area (TPSA) is 58.4 Å². The number of carbonyl (C=O) groups is 1. The predicted molar refractivity (Wildman–Crippen MR) is 70.9 cm³/mol. The monoisotopic (exact) mass is 251 g/mol. The fraction of sp³-hybridized carbons (Fsp3) is 0.909. The molecule has 0 saturated carbocycles. The molecule has 0 aliphatic heterocycles. The average molecular weight is 252 g/mol. The highest BCUT2D eigenvalue weighted by atomic mass is 35.5. The van der Waals surface area contributed by atoms with Crippen molar-refractivity contribution >= 4 is 18.3 Å². The van der Waals surface area contributed by atoms with Crippen LogP contribution in [0.25, 0.3) is 0 Å². The Kier molecular flexibility index (Phi) is 11.1. The number of likely N-dealkylation sites (N-methyl/N-ethyl adjacent to an activating group) is 1. The fourth-order valence-electron chi connectivity index (χ4n) is 1.16. The van der Waals surface area contributed by atoms with Crippen LogP contribution in [0, 0.1) is 5.92 Å². The van der Waals surface area contributed by atoms with E-state index in [-0.39, 0.29) is 30.3 Å². The second-order valence-electron chi connectivity index (χ2n) is 4.10. The lowest BCUT2D eigenvalue weighted by Crippen LogP contribution is -2.46. The molecule has 2 unspecified atom stereocenters. The average Bonchev–Trinajstić information content (AvgIpc) is 2.26. The van der Waals surface area contributed by atoms with Crippen LogP contribution in [-0.4, -0.2) is 43.5 Å². The zero-order valence-electron chi connectivity index (χ0n) is 10.8. The molecular weight excluding hydrogens is 226 g/mol. The first-order chi connectivity index (χ1) is 7.02. The Morgan fingerprint density at radius 1 is 1.44 bits per heavy atom. The van der Waals surface area contributed by atoms with Crippen molar-refractivity contribution in [3.05, 3.63) is 0 Å². The lowest BCUT2D eigenvalue weighted by Gasteiger charge is -2.19. The van der Waals surface area contributed by atoms with Crippen LogP contribution < -0.4 is 11.1 Å². The quantitative estimate of drug-likeness (QED) is 0.705. The summed E-state index contributed by atoms with van der Waals surface area (Å²) >= 11 is 0. The van der Waals surface area contributed by atoms with Crippen molar-refractivity contribution in [2.24, 2.45) is 11.7 Å². The summed E-state index contributed by atoms with van der Waals surface area (Å²) in [6.45, 7) is 8.67. The van der Waals surface area contributed by atoms with Crippen molar-refractivity contribution in [3.8, 4) is 0 Å². The van der Waals surface area contributed by atoms with E-state index >= 15 is 0 Å². The number of hydrogen-bond acceptors (Lipinski definition) is 3. The highest BCUT2D eigenvalue weighted by molar-refractivity contribution is 5.85. The van der Waals surface area contributed by atoms with Gasteiger partial charge in [0, 0.05) is 13.1 Å². The lowest BCUT2D eigenvalue weighted by molar-refractivity contribution is -0.123. The predicted octanol–water partition coefficient (Wildman–Crippen LogP) is 0.850. The van der Waals surface area contributed by atoms with Gasteiger partial charge in [0.05, 0.1) is 6.04 Å². The van der Waals surface area contributed by atoms with Gasteiger partial charge in [0.2, 0.25) is 5.91 Å². The minimum absolute atomic E-state index is 0. The van der Waals surface area contributed by atoms with E-state index in [0.717, 1.165) is 19.5 Å². The fourth-order valence-corrected chi connectivity index (χ4v) is 1.16. The molecule has 0 aromatic heterocycles. The molecule has 0 radical (unpaired) electrons. The Morgan fingerprint density at radius 3 is 2.44 bits per heavy atom. The summed E-state index contributed by atoms with van der Waals surface area (Å²) in [5.41, 5.74) is 5.79. The summed E-state index contributed by atoms with van der Waals surface area (Å²) < 4.78 is 0. The first-order valence-corrected chi connectivity index (χ1v) is 5.74. The zero-order valence-corrected chi connectivity index (χ0v) is 11.6. The molecule has 0 aliphatic carbocycles. The molecule has 2 atom stereocenters. The lowest BCUT2D eigenvalue weighted by atomic mass is 9.99. The molecule has 0 heterocycles. The molecular formula is C11H26ClN3O. The number of halogens is 1. The maximum atomic E-state index is 11.6. The van der Waals surface area contributed by atoms with Gasteiger partial charge in [-0.1, -0.05) is 27.2 Å². The Bertz CT molecular complexity index is 190. The molecule has 0 bridgehead atoms. The summed E-state index contributed by atoms with van der Waals surface area (Å²) in [5, 5.41) is 2.86. The molecule has 0 aliphatic rings. The maximum Gasteiger partial charge on any atom is 0.237 e. The van der Waals surface area contributed by atoms with E-state index in [2.05, 4.69) is 17.1 Å². The molecule has 0 fully saturated rings. The van der Waals surface area contributed by atoms with Crippen molar-refractivity contribution in [1.29, 1.82) is 0 Å². The summed E-state index contributed by atoms with van der Waals surface area (Å²) in [5.74, 6) is 0.211. The van der Waals surface area contributed by atoms with Crippen LogP contribution in [0.3, 0.4) is 0 Å². The van der Waals surface area contributed by atoms with Gasteiger partial charge in [0.25, 0.3) is 0 Å². The largest absolute Gasteiger partial charge is 0.353 e. The second-order valence-corrected chi connectivity index (χ2v) is 4.10. The van der Waals surface area contributed by atoms with E-state index in [0.29, 0.717) is 6.54 Å². The van der Waals surface area contributed by atoms with Gasteiger partial charge in [0.1, 0.15) is 0 Å². The molecule has 3 N–H and O–H groups in total. The van der Waals surface area contributed by atoms with E-state index in [1.807, 2.05) is 20.9 Å². The van der Waals surface area contributed by atoms with Gasteiger partial charge in [-0.05, 0) is 19.5 Å². The van der Waals surface area contributed by atoms with Crippen molar-refractivity contribution in [2.75, 3.05) is 26.7 Å². The van der Waals surface area contributed by atoms with E-state index in [1.165, 1.54) is 0 Å². The van der Waals surface area contributed by atoms with Crippen molar-refractivity contribution in [1.82, 2.24) is 10.2 Å². The van der Waals surface area contributed by atoms with E-state index in [4.69, 9.17) is 5.73 Å². The van der Waals surface area contributed by atoms with Crippen LogP contribution in [0.4, 0.5) is 0 Å². The first kappa shape index (κ1) is 18.1. The van der Waals surface area contributed by atoms with Gasteiger partial charge in [-0.25, -0.2) is 0 Å². The molecule has 0 rings (SSSR count). The summed E-state index contributed by atoms with van der Waals surface area (Å²) in [6, 6.07) is -0.373. The van der Waals surface area contributed by atoms with Crippen molar-refractivity contribution in [2.45, 2.75) is 33.2 Å². The molecule has 0 saturated heterocycles. The standard InChI is InChI=1S/C11H25N3O.ClH/c1-5-9(3)10(12)11(15)13-7-8-14(4)6-2;/h9-10H,5-8,12H2,1-4H3,(H,13,15);1H. The molecule has 0 aromatic rings.